The van der Waals surface area contributed by atoms with Gasteiger partial charge in [-0.15, -0.1) is 5.10 Å². The maximum absolute atomic E-state index is 11.1. The Hall–Kier alpha value is -2.57. The minimum atomic E-state index is -0.235. The number of carbonyl (C=O) groups excluding carboxylic acids is 1. The van der Waals surface area contributed by atoms with Crippen molar-refractivity contribution in [2.45, 2.75) is 6.54 Å². The molecule has 0 saturated carbocycles. The SMILES string of the molecule is CNC(=O)Nc1ccc(NCc2cnnn2C)cc1. The molecular weight excluding hydrogens is 244 g/mol. The van der Waals surface area contributed by atoms with Gasteiger partial charge in [0, 0.05) is 25.5 Å². The lowest BCUT2D eigenvalue weighted by Gasteiger charge is -2.08. The predicted molar refractivity (Wildman–Crippen MR) is 72.9 cm³/mol. The standard InChI is InChI=1S/C12H16N6O/c1-13-12(19)16-10-5-3-9(4-6-10)14-7-11-8-15-17-18(11)2/h3-6,8,14H,7H2,1-2H3,(H2,13,16,19). The summed E-state index contributed by atoms with van der Waals surface area (Å²) in [5.74, 6) is 0. The highest BCUT2D eigenvalue weighted by Crippen LogP contribution is 2.14. The number of urea groups is 1. The largest absolute Gasteiger partial charge is 0.379 e. The van der Waals surface area contributed by atoms with Crippen LogP contribution in [0.25, 0.3) is 0 Å². The van der Waals surface area contributed by atoms with Crippen LogP contribution >= 0.6 is 0 Å². The van der Waals surface area contributed by atoms with Gasteiger partial charge in [-0.25, -0.2) is 4.79 Å². The van der Waals surface area contributed by atoms with Crippen LogP contribution in [-0.4, -0.2) is 28.1 Å². The van der Waals surface area contributed by atoms with Crippen LogP contribution < -0.4 is 16.0 Å². The summed E-state index contributed by atoms with van der Waals surface area (Å²) in [6.45, 7) is 0.645. The Balaban J connectivity index is 1.92. The molecule has 7 nitrogen and oxygen atoms in total. The summed E-state index contributed by atoms with van der Waals surface area (Å²) in [5, 5.41) is 16.1. The molecule has 7 heteroatoms. The molecule has 2 amide bonds. The van der Waals surface area contributed by atoms with Gasteiger partial charge in [-0.1, -0.05) is 5.21 Å². The van der Waals surface area contributed by atoms with E-state index in [0.29, 0.717) is 6.54 Å². The first-order valence-electron chi connectivity index (χ1n) is 5.85. The van der Waals surface area contributed by atoms with Crippen molar-refractivity contribution < 1.29 is 4.79 Å². The van der Waals surface area contributed by atoms with E-state index in [0.717, 1.165) is 17.1 Å². The second kappa shape index (κ2) is 5.85. The van der Waals surface area contributed by atoms with Crippen LogP contribution in [0.15, 0.2) is 30.5 Å². The molecular formula is C12H16N6O. The number of nitrogens with zero attached hydrogens (tertiary/aromatic N) is 3. The van der Waals surface area contributed by atoms with Crippen LogP contribution in [0.5, 0.6) is 0 Å². The Morgan fingerprint density at radius 1 is 1.26 bits per heavy atom. The third-order valence-corrected chi connectivity index (χ3v) is 2.65. The summed E-state index contributed by atoms with van der Waals surface area (Å²) in [4.78, 5) is 11.1. The number of hydrogen-bond donors (Lipinski definition) is 3. The van der Waals surface area contributed by atoms with E-state index >= 15 is 0 Å². The summed E-state index contributed by atoms with van der Waals surface area (Å²) < 4.78 is 1.72. The maximum atomic E-state index is 11.1. The highest BCUT2D eigenvalue weighted by atomic mass is 16.2. The summed E-state index contributed by atoms with van der Waals surface area (Å²) >= 11 is 0. The van der Waals surface area contributed by atoms with E-state index in [9.17, 15) is 4.79 Å². The fraction of sp³-hybridized carbons (Fsp3) is 0.250. The topological polar surface area (TPSA) is 83.9 Å². The van der Waals surface area contributed by atoms with Crippen molar-refractivity contribution in [3.05, 3.63) is 36.2 Å². The molecule has 3 N–H and O–H groups in total. The molecule has 1 aromatic heterocycles. The van der Waals surface area contributed by atoms with Crippen LogP contribution in [-0.2, 0) is 13.6 Å². The van der Waals surface area contributed by atoms with E-state index in [2.05, 4.69) is 26.3 Å². The van der Waals surface area contributed by atoms with E-state index < -0.39 is 0 Å². The number of anilines is 2. The first kappa shape index (κ1) is 12.9. The van der Waals surface area contributed by atoms with Gasteiger partial charge in [0.25, 0.3) is 0 Å². The van der Waals surface area contributed by atoms with Gasteiger partial charge in [-0.05, 0) is 24.3 Å². The molecule has 0 spiro atoms. The number of rotatable bonds is 4. The van der Waals surface area contributed by atoms with Crippen molar-refractivity contribution in [1.82, 2.24) is 20.3 Å². The number of nitrogens with one attached hydrogen (secondary N) is 3. The molecule has 0 unspecified atom stereocenters. The zero-order valence-electron chi connectivity index (χ0n) is 10.8. The van der Waals surface area contributed by atoms with Crippen molar-refractivity contribution in [3.8, 4) is 0 Å². The van der Waals surface area contributed by atoms with Crippen molar-refractivity contribution in [2.75, 3.05) is 17.7 Å². The van der Waals surface area contributed by atoms with Gasteiger partial charge in [0.1, 0.15) is 0 Å². The summed E-state index contributed by atoms with van der Waals surface area (Å²) in [5.41, 5.74) is 2.70. The average Bonchev–Trinajstić information content (AvgIpc) is 2.83. The molecule has 0 aliphatic heterocycles. The lowest BCUT2D eigenvalue weighted by molar-refractivity contribution is 0.254. The Kier molecular flexibility index (Phi) is 3.97. The van der Waals surface area contributed by atoms with E-state index in [1.165, 1.54) is 0 Å². The second-order valence-corrected chi connectivity index (χ2v) is 3.98. The number of hydrogen-bond acceptors (Lipinski definition) is 4. The second-order valence-electron chi connectivity index (χ2n) is 3.98. The molecule has 100 valence electrons. The van der Waals surface area contributed by atoms with Gasteiger partial charge in [0.15, 0.2) is 0 Å². The molecule has 0 aliphatic rings. The smallest absolute Gasteiger partial charge is 0.318 e. The van der Waals surface area contributed by atoms with E-state index in [4.69, 9.17) is 0 Å². The van der Waals surface area contributed by atoms with Gasteiger partial charge in [-0.2, -0.15) is 0 Å². The zero-order chi connectivity index (χ0) is 13.7. The lowest BCUT2D eigenvalue weighted by atomic mass is 10.2. The van der Waals surface area contributed by atoms with Crippen molar-refractivity contribution >= 4 is 17.4 Å². The molecule has 0 radical (unpaired) electrons. The van der Waals surface area contributed by atoms with Gasteiger partial charge in [0.05, 0.1) is 18.4 Å². The Morgan fingerprint density at radius 2 is 1.95 bits per heavy atom. The summed E-state index contributed by atoms with van der Waals surface area (Å²) in [6.07, 6.45) is 1.72. The van der Waals surface area contributed by atoms with E-state index in [1.54, 1.807) is 17.9 Å². The third-order valence-electron chi connectivity index (χ3n) is 2.65. The number of carbonyl (C=O) groups is 1. The summed E-state index contributed by atoms with van der Waals surface area (Å²) in [6, 6.07) is 7.23. The fourth-order valence-electron chi connectivity index (χ4n) is 1.53. The number of amides is 2. The fourth-order valence-corrected chi connectivity index (χ4v) is 1.53. The van der Waals surface area contributed by atoms with Crippen LogP contribution in [0.2, 0.25) is 0 Å². The van der Waals surface area contributed by atoms with Crippen LogP contribution in [0.3, 0.4) is 0 Å². The number of aryl methyl sites for hydroxylation is 1. The van der Waals surface area contributed by atoms with Gasteiger partial charge >= 0.3 is 6.03 Å². The first-order valence-corrected chi connectivity index (χ1v) is 5.85. The average molecular weight is 260 g/mol. The molecule has 0 bridgehead atoms. The maximum Gasteiger partial charge on any atom is 0.318 e. The molecule has 1 heterocycles. The van der Waals surface area contributed by atoms with E-state index in [1.807, 2.05) is 31.3 Å². The monoisotopic (exact) mass is 260 g/mol. The quantitative estimate of drug-likeness (QED) is 0.770. The summed E-state index contributed by atoms with van der Waals surface area (Å²) in [7, 11) is 3.42. The normalized spacial score (nSPS) is 10.0. The molecule has 0 aliphatic carbocycles. The van der Waals surface area contributed by atoms with Crippen molar-refractivity contribution in [1.29, 1.82) is 0 Å². The lowest BCUT2D eigenvalue weighted by Crippen LogP contribution is -2.24. The molecule has 2 aromatic rings. The van der Waals surface area contributed by atoms with Crippen molar-refractivity contribution in [2.24, 2.45) is 7.05 Å². The highest BCUT2D eigenvalue weighted by Gasteiger charge is 2.01. The molecule has 0 atom stereocenters. The molecule has 0 saturated heterocycles. The minimum Gasteiger partial charge on any atom is -0.379 e. The zero-order valence-corrected chi connectivity index (χ0v) is 10.8. The third kappa shape index (κ3) is 3.44. The van der Waals surface area contributed by atoms with Crippen LogP contribution in [0, 0.1) is 0 Å². The Bertz CT molecular complexity index is 548. The molecule has 1 aromatic carbocycles. The van der Waals surface area contributed by atoms with Crippen LogP contribution in [0.4, 0.5) is 16.2 Å². The van der Waals surface area contributed by atoms with Crippen LogP contribution in [0.1, 0.15) is 5.69 Å². The highest BCUT2D eigenvalue weighted by molar-refractivity contribution is 5.89. The van der Waals surface area contributed by atoms with Gasteiger partial charge in [-0.3, -0.25) is 4.68 Å². The number of aromatic nitrogens is 3. The van der Waals surface area contributed by atoms with Crippen molar-refractivity contribution in [3.63, 3.8) is 0 Å². The minimum absolute atomic E-state index is 0.235. The number of benzene rings is 1. The molecule has 0 fully saturated rings. The van der Waals surface area contributed by atoms with Gasteiger partial charge < -0.3 is 16.0 Å². The molecule has 2 rings (SSSR count). The van der Waals surface area contributed by atoms with Gasteiger partial charge in [0.2, 0.25) is 0 Å². The Labute approximate surface area is 111 Å². The predicted octanol–water partition coefficient (Wildman–Crippen LogP) is 1.18. The van der Waals surface area contributed by atoms with E-state index in [-0.39, 0.29) is 6.03 Å². The Morgan fingerprint density at radius 3 is 2.53 bits per heavy atom. The molecule has 19 heavy (non-hydrogen) atoms. The first-order chi connectivity index (χ1) is 9.19.